The van der Waals surface area contributed by atoms with Crippen LogP contribution in [0.5, 0.6) is 0 Å². The lowest BCUT2D eigenvalue weighted by molar-refractivity contribution is 0.0546. The summed E-state index contributed by atoms with van der Waals surface area (Å²) in [6, 6.07) is 21.7. The third-order valence-corrected chi connectivity index (χ3v) is 4.64. The van der Waals surface area contributed by atoms with Gasteiger partial charge in [-0.1, -0.05) is 42.5 Å². The Hall–Kier alpha value is -4.13. The summed E-state index contributed by atoms with van der Waals surface area (Å²) in [5.41, 5.74) is 16.5. The number of carbonyl (C=O) groups excluding carboxylic acids is 1. The normalized spacial score (nSPS) is 12.4. The Bertz CT molecular complexity index is 1190. The first-order valence-corrected chi connectivity index (χ1v) is 11.0. The van der Waals surface area contributed by atoms with Crippen molar-refractivity contribution in [3.05, 3.63) is 89.6 Å². The van der Waals surface area contributed by atoms with E-state index in [4.69, 9.17) is 16.2 Å². The zero-order valence-electron chi connectivity index (χ0n) is 20.0. The highest BCUT2D eigenvalue weighted by molar-refractivity contribution is 5.94. The molecule has 5 N–H and O–H groups in total. The number of anilines is 1. The van der Waals surface area contributed by atoms with Gasteiger partial charge in [-0.3, -0.25) is 5.32 Å². The molecule has 7 nitrogen and oxygen atoms in total. The summed E-state index contributed by atoms with van der Waals surface area (Å²) in [6.45, 7) is 7.11. The molecule has 0 atom stereocenters. The second kappa shape index (κ2) is 10.7. The van der Waals surface area contributed by atoms with Crippen LogP contribution in [0.2, 0.25) is 0 Å². The van der Waals surface area contributed by atoms with Crippen molar-refractivity contribution in [1.82, 2.24) is 10.3 Å². The van der Waals surface area contributed by atoms with Gasteiger partial charge in [0.15, 0.2) is 5.82 Å². The molecule has 0 spiro atoms. The standard InChI is InChI=1S/C27H31N5O2/c1-18(30-26(33)34-27(2,3)4)14-24(29)32-25-17-20(15-19-8-6-5-7-9-19)16-23(31-25)21-10-12-22(28)13-11-21/h5-14,16-17H,15,28H2,1-4H3,(H,30,33)(H2,29,31,32)/b18-14-. The predicted octanol–water partition coefficient (Wildman–Crippen LogP) is 5.34. The number of rotatable bonds is 6. The summed E-state index contributed by atoms with van der Waals surface area (Å²) >= 11 is 0. The number of carbonyl (C=O) groups is 1. The maximum Gasteiger partial charge on any atom is 0.411 e. The molecule has 0 bridgehead atoms. The highest BCUT2D eigenvalue weighted by Gasteiger charge is 2.16. The average molecular weight is 458 g/mol. The number of nitrogen functional groups attached to an aromatic ring is 1. The molecule has 7 heteroatoms. The molecule has 176 valence electrons. The summed E-state index contributed by atoms with van der Waals surface area (Å²) in [7, 11) is 0. The minimum absolute atomic E-state index is 0.209. The highest BCUT2D eigenvalue weighted by atomic mass is 16.6. The largest absolute Gasteiger partial charge is 0.444 e. The summed E-state index contributed by atoms with van der Waals surface area (Å²) < 4.78 is 5.26. The van der Waals surface area contributed by atoms with Gasteiger partial charge in [0.1, 0.15) is 11.4 Å². The van der Waals surface area contributed by atoms with E-state index in [0.29, 0.717) is 17.2 Å². The molecule has 1 amide bonds. The van der Waals surface area contributed by atoms with Gasteiger partial charge in [-0.05, 0) is 75.6 Å². The van der Waals surface area contributed by atoms with Crippen molar-refractivity contribution in [3.8, 4) is 11.3 Å². The molecule has 3 aromatic rings. The zero-order valence-corrected chi connectivity index (χ0v) is 20.0. The van der Waals surface area contributed by atoms with Crippen molar-refractivity contribution < 1.29 is 9.53 Å². The molecule has 1 aromatic heterocycles. The fraction of sp³-hybridized carbons (Fsp3) is 0.222. The second-order valence-electron chi connectivity index (χ2n) is 8.99. The van der Waals surface area contributed by atoms with E-state index in [1.54, 1.807) is 33.8 Å². The molecule has 34 heavy (non-hydrogen) atoms. The molecular formula is C27H31N5O2. The number of ether oxygens (including phenoxy) is 1. The fourth-order valence-electron chi connectivity index (χ4n) is 3.25. The molecule has 0 radical (unpaired) electrons. The van der Waals surface area contributed by atoms with Gasteiger partial charge >= 0.3 is 6.09 Å². The van der Waals surface area contributed by atoms with E-state index in [1.807, 2.05) is 54.6 Å². The first-order valence-electron chi connectivity index (χ1n) is 11.0. The van der Waals surface area contributed by atoms with Crippen molar-refractivity contribution in [2.45, 2.75) is 39.7 Å². The van der Waals surface area contributed by atoms with E-state index >= 15 is 0 Å². The summed E-state index contributed by atoms with van der Waals surface area (Å²) in [5.74, 6) is 0.681. The first kappa shape index (κ1) is 24.5. The van der Waals surface area contributed by atoms with Crippen molar-refractivity contribution >= 4 is 23.4 Å². The number of aliphatic imine (C=N–C) groups is 1. The van der Waals surface area contributed by atoms with Gasteiger partial charge in [0.25, 0.3) is 0 Å². The molecule has 0 aliphatic rings. The second-order valence-corrected chi connectivity index (χ2v) is 8.99. The van der Waals surface area contributed by atoms with Gasteiger partial charge in [-0.15, -0.1) is 0 Å². The summed E-state index contributed by atoms with van der Waals surface area (Å²) in [6.07, 6.45) is 1.74. The van der Waals surface area contributed by atoms with Crippen LogP contribution in [0.15, 0.2) is 83.5 Å². The quantitative estimate of drug-likeness (QED) is 0.262. The number of amidine groups is 1. The van der Waals surface area contributed by atoms with Crippen LogP contribution in [0, 0.1) is 0 Å². The molecule has 0 saturated heterocycles. The van der Waals surface area contributed by atoms with Gasteiger partial charge < -0.3 is 16.2 Å². The Kier molecular flexibility index (Phi) is 7.68. The Morgan fingerprint density at radius 2 is 1.74 bits per heavy atom. The van der Waals surface area contributed by atoms with Gasteiger partial charge in [-0.25, -0.2) is 14.8 Å². The SMILES string of the molecule is C/C(=C/C(N)=Nc1cc(Cc2ccccc2)cc(-c2ccc(N)cc2)n1)NC(=O)OC(C)(C)C. The highest BCUT2D eigenvalue weighted by Crippen LogP contribution is 2.25. The molecule has 2 aromatic carbocycles. The Morgan fingerprint density at radius 1 is 1.06 bits per heavy atom. The maximum atomic E-state index is 12.0. The number of nitrogens with one attached hydrogen (secondary N) is 1. The molecule has 3 rings (SSSR count). The molecule has 0 aliphatic heterocycles. The van der Waals surface area contributed by atoms with Crippen molar-refractivity contribution in [2.24, 2.45) is 10.7 Å². The van der Waals surface area contributed by atoms with Gasteiger partial charge in [-0.2, -0.15) is 0 Å². The molecule has 0 aliphatic carbocycles. The Balaban J connectivity index is 1.90. The maximum absolute atomic E-state index is 12.0. The van der Waals surface area contributed by atoms with E-state index in [0.717, 1.165) is 23.2 Å². The van der Waals surface area contributed by atoms with E-state index in [9.17, 15) is 4.79 Å². The molecule has 1 heterocycles. The van der Waals surface area contributed by atoms with Crippen molar-refractivity contribution in [1.29, 1.82) is 0 Å². The van der Waals surface area contributed by atoms with E-state index in [-0.39, 0.29) is 5.84 Å². The number of benzene rings is 2. The summed E-state index contributed by atoms with van der Waals surface area (Å²) in [5, 5.41) is 2.65. The molecule has 0 unspecified atom stereocenters. The van der Waals surface area contributed by atoms with Gasteiger partial charge in [0, 0.05) is 16.9 Å². The number of amides is 1. The van der Waals surface area contributed by atoms with Crippen molar-refractivity contribution in [2.75, 3.05) is 5.73 Å². The lowest BCUT2D eigenvalue weighted by Crippen LogP contribution is -2.31. The van der Waals surface area contributed by atoms with Gasteiger partial charge in [0.2, 0.25) is 0 Å². The zero-order chi connectivity index (χ0) is 24.7. The van der Waals surface area contributed by atoms with Crippen LogP contribution >= 0.6 is 0 Å². The lowest BCUT2D eigenvalue weighted by Gasteiger charge is -2.19. The smallest absolute Gasteiger partial charge is 0.411 e. The summed E-state index contributed by atoms with van der Waals surface area (Å²) in [4.78, 5) is 21.1. The monoisotopic (exact) mass is 457 g/mol. The van der Waals surface area contributed by atoms with Crippen LogP contribution in [-0.2, 0) is 11.2 Å². The average Bonchev–Trinajstić information content (AvgIpc) is 2.73. The van der Waals surface area contributed by atoms with Crippen LogP contribution in [0.4, 0.5) is 16.3 Å². The van der Waals surface area contributed by atoms with E-state index in [2.05, 4.69) is 27.4 Å². The number of hydrogen-bond acceptors (Lipinski definition) is 5. The number of hydrogen-bond donors (Lipinski definition) is 3. The van der Waals surface area contributed by atoms with E-state index < -0.39 is 11.7 Å². The van der Waals surface area contributed by atoms with Crippen LogP contribution < -0.4 is 16.8 Å². The van der Waals surface area contributed by atoms with Crippen molar-refractivity contribution in [3.63, 3.8) is 0 Å². The fourth-order valence-corrected chi connectivity index (χ4v) is 3.25. The minimum Gasteiger partial charge on any atom is -0.444 e. The van der Waals surface area contributed by atoms with Crippen LogP contribution in [0.1, 0.15) is 38.8 Å². The van der Waals surface area contributed by atoms with Gasteiger partial charge in [0.05, 0.1) is 5.69 Å². The number of pyridine rings is 1. The third kappa shape index (κ3) is 7.78. The number of nitrogens with two attached hydrogens (primary N) is 2. The first-order chi connectivity index (χ1) is 16.1. The Morgan fingerprint density at radius 3 is 2.38 bits per heavy atom. The molecule has 0 fully saturated rings. The predicted molar refractivity (Wildman–Crippen MR) is 138 cm³/mol. The van der Waals surface area contributed by atoms with E-state index in [1.165, 1.54) is 5.56 Å². The van der Waals surface area contributed by atoms with Crippen LogP contribution in [0.25, 0.3) is 11.3 Å². The minimum atomic E-state index is -0.592. The third-order valence-electron chi connectivity index (χ3n) is 4.64. The molecule has 0 saturated carbocycles. The van der Waals surface area contributed by atoms with Crippen LogP contribution in [-0.4, -0.2) is 22.5 Å². The Labute approximate surface area is 200 Å². The number of aromatic nitrogens is 1. The lowest BCUT2D eigenvalue weighted by atomic mass is 10.0. The topological polar surface area (TPSA) is 116 Å². The van der Waals surface area contributed by atoms with Crippen LogP contribution in [0.3, 0.4) is 0 Å². The molecular weight excluding hydrogens is 426 g/mol. The number of nitrogens with zero attached hydrogens (tertiary/aromatic N) is 2. The number of alkyl carbamates (subject to hydrolysis) is 1. The number of allylic oxidation sites excluding steroid dienone is 1.